The first kappa shape index (κ1) is 20.5. The summed E-state index contributed by atoms with van der Waals surface area (Å²) < 4.78 is 0. The minimum atomic E-state index is -0.468. The summed E-state index contributed by atoms with van der Waals surface area (Å²) in [4.78, 5) is 32.8. The topological polar surface area (TPSA) is 74.3 Å². The molecule has 2 heterocycles. The van der Waals surface area contributed by atoms with Gasteiger partial charge in [0.05, 0.1) is 24.7 Å². The average molecular weight is 423 g/mol. The summed E-state index contributed by atoms with van der Waals surface area (Å²) in [6, 6.07) is 14.1. The lowest BCUT2D eigenvalue weighted by Gasteiger charge is -2.34. The fraction of sp³-hybridized carbons (Fsp3) is 0.348. The number of piperazine rings is 1. The van der Waals surface area contributed by atoms with E-state index in [0.717, 1.165) is 27.7 Å². The lowest BCUT2D eigenvalue weighted by Crippen LogP contribution is -2.56. The van der Waals surface area contributed by atoms with Crippen LogP contribution in [0.3, 0.4) is 0 Å². The number of aryl methyl sites for hydroxylation is 2. The Bertz CT molecular complexity index is 1060. The minimum Gasteiger partial charge on any atom is -0.353 e. The lowest BCUT2D eigenvalue weighted by atomic mass is 10.0. The highest BCUT2D eigenvalue weighted by Crippen LogP contribution is 2.20. The maximum absolute atomic E-state index is 12.6. The van der Waals surface area contributed by atoms with Crippen LogP contribution in [0, 0.1) is 13.8 Å². The van der Waals surface area contributed by atoms with Gasteiger partial charge in [-0.05, 0) is 36.2 Å². The summed E-state index contributed by atoms with van der Waals surface area (Å²) >= 11 is 1.59. The number of fused-ring (bicyclic) bond motifs is 1. The third-order valence-electron chi connectivity index (χ3n) is 5.53. The maximum Gasteiger partial charge on any atom is 0.237 e. The van der Waals surface area contributed by atoms with Crippen molar-refractivity contribution >= 4 is 33.9 Å². The third kappa shape index (κ3) is 4.68. The van der Waals surface area contributed by atoms with Crippen molar-refractivity contribution in [3.05, 3.63) is 63.6 Å². The van der Waals surface area contributed by atoms with Crippen molar-refractivity contribution in [1.82, 2.24) is 20.5 Å². The van der Waals surface area contributed by atoms with Crippen molar-refractivity contribution in [2.45, 2.75) is 39.4 Å². The molecule has 1 aliphatic heterocycles. The summed E-state index contributed by atoms with van der Waals surface area (Å²) in [7, 11) is 0. The van der Waals surface area contributed by atoms with Crippen molar-refractivity contribution in [1.29, 1.82) is 0 Å². The molecule has 1 saturated heterocycles. The number of nitrogens with one attached hydrogen (secondary N) is 2. The molecule has 1 aliphatic rings. The highest BCUT2D eigenvalue weighted by Gasteiger charge is 2.31. The molecule has 7 heteroatoms. The second kappa shape index (κ2) is 8.93. The van der Waals surface area contributed by atoms with E-state index in [2.05, 4.69) is 50.8 Å². The van der Waals surface area contributed by atoms with Crippen LogP contribution in [-0.2, 0) is 22.7 Å². The standard InChI is InChI=1S/C23H26N4O2S/c1-15-16(2)30-22(26-15)13-25-21(28)12-20-23(29)24-9-10-27(20)14-17-7-8-18-5-3-4-6-19(18)11-17/h3-8,11,20H,9-10,12-14H2,1-2H3,(H,24,29)(H,25,28). The predicted molar refractivity (Wildman–Crippen MR) is 119 cm³/mol. The van der Waals surface area contributed by atoms with Gasteiger partial charge in [0.2, 0.25) is 11.8 Å². The fourth-order valence-corrected chi connectivity index (χ4v) is 4.66. The number of carbonyl (C=O) groups is 2. The number of aromatic nitrogens is 1. The molecule has 3 aromatic rings. The highest BCUT2D eigenvalue weighted by atomic mass is 32.1. The van der Waals surface area contributed by atoms with E-state index in [0.29, 0.717) is 19.6 Å². The molecule has 2 N–H and O–H groups in total. The molecule has 0 radical (unpaired) electrons. The lowest BCUT2D eigenvalue weighted by molar-refractivity contribution is -0.134. The Morgan fingerprint density at radius 2 is 2.03 bits per heavy atom. The van der Waals surface area contributed by atoms with Crippen molar-refractivity contribution < 1.29 is 9.59 Å². The van der Waals surface area contributed by atoms with E-state index in [4.69, 9.17) is 0 Å². The molecule has 0 saturated carbocycles. The number of benzene rings is 2. The largest absolute Gasteiger partial charge is 0.353 e. The van der Waals surface area contributed by atoms with Crippen molar-refractivity contribution in [3.63, 3.8) is 0 Å². The SMILES string of the molecule is Cc1nc(CNC(=O)CC2C(=O)NCCN2Cc2ccc3ccccc3c2)sc1C. The van der Waals surface area contributed by atoms with Crippen LogP contribution in [0.4, 0.5) is 0 Å². The quantitative estimate of drug-likeness (QED) is 0.641. The molecule has 156 valence electrons. The Kier molecular flexibility index (Phi) is 6.11. The summed E-state index contributed by atoms with van der Waals surface area (Å²) in [5.74, 6) is -0.218. The molecular weight excluding hydrogens is 396 g/mol. The van der Waals surface area contributed by atoms with Gasteiger partial charge in [0, 0.05) is 24.5 Å². The first-order valence-corrected chi connectivity index (χ1v) is 11.0. The summed E-state index contributed by atoms with van der Waals surface area (Å²) in [5, 5.41) is 9.08. The molecule has 0 bridgehead atoms. The zero-order valence-corrected chi connectivity index (χ0v) is 18.1. The molecule has 6 nitrogen and oxygen atoms in total. The molecule has 2 aromatic carbocycles. The normalized spacial score (nSPS) is 17.1. The number of carbonyl (C=O) groups excluding carboxylic acids is 2. The second-order valence-electron chi connectivity index (χ2n) is 7.69. The molecule has 0 spiro atoms. The van der Waals surface area contributed by atoms with Crippen LogP contribution in [0.2, 0.25) is 0 Å². The fourth-order valence-electron chi connectivity index (χ4n) is 3.78. The van der Waals surface area contributed by atoms with Gasteiger partial charge in [-0.1, -0.05) is 36.4 Å². The molecule has 1 unspecified atom stereocenters. The van der Waals surface area contributed by atoms with Gasteiger partial charge in [0.1, 0.15) is 5.01 Å². The third-order valence-corrected chi connectivity index (χ3v) is 6.60. The smallest absolute Gasteiger partial charge is 0.237 e. The Hall–Kier alpha value is -2.77. The number of amides is 2. The zero-order valence-electron chi connectivity index (χ0n) is 17.3. The predicted octanol–water partition coefficient (Wildman–Crippen LogP) is 2.92. The van der Waals surface area contributed by atoms with Gasteiger partial charge < -0.3 is 10.6 Å². The van der Waals surface area contributed by atoms with Crippen LogP contribution in [0.5, 0.6) is 0 Å². The first-order chi connectivity index (χ1) is 14.5. The minimum absolute atomic E-state index is 0.0851. The first-order valence-electron chi connectivity index (χ1n) is 10.2. The molecule has 1 aromatic heterocycles. The summed E-state index contributed by atoms with van der Waals surface area (Å²) in [6.07, 6.45) is 0.142. The highest BCUT2D eigenvalue weighted by molar-refractivity contribution is 7.11. The average Bonchev–Trinajstić information content (AvgIpc) is 3.06. The van der Waals surface area contributed by atoms with Crippen LogP contribution in [0.1, 0.15) is 27.6 Å². The van der Waals surface area contributed by atoms with Gasteiger partial charge in [-0.15, -0.1) is 11.3 Å². The van der Waals surface area contributed by atoms with E-state index >= 15 is 0 Å². The van der Waals surface area contributed by atoms with E-state index in [-0.39, 0.29) is 18.2 Å². The van der Waals surface area contributed by atoms with Gasteiger partial charge in [-0.25, -0.2) is 4.98 Å². The van der Waals surface area contributed by atoms with Gasteiger partial charge in [0.15, 0.2) is 0 Å². The van der Waals surface area contributed by atoms with Crippen LogP contribution >= 0.6 is 11.3 Å². The van der Waals surface area contributed by atoms with Crippen molar-refractivity contribution in [2.24, 2.45) is 0 Å². The van der Waals surface area contributed by atoms with Crippen LogP contribution in [0.15, 0.2) is 42.5 Å². The maximum atomic E-state index is 12.6. The number of hydrogen-bond donors (Lipinski definition) is 2. The molecule has 0 aliphatic carbocycles. The number of hydrogen-bond acceptors (Lipinski definition) is 5. The Morgan fingerprint density at radius 1 is 1.23 bits per heavy atom. The van der Waals surface area contributed by atoms with Gasteiger partial charge in [0.25, 0.3) is 0 Å². The molecule has 4 rings (SSSR count). The van der Waals surface area contributed by atoms with E-state index in [1.54, 1.807) is 11.3 Å². The Labute approximate surface area is 180 Å². The van der Waals surface area contributed by atoms with E-state index < -0.39 is 6.04 Å². The van der Waals surface area contributed by atoms with Crippen molar-refractivity contribution in [3.8, 4) is 0 Å². The summed E-state index contributed by atoms with van der Waals surface area (Å²) in [5.41, 5.74) is 2.14. The van der Waals surface area contributed by atoms with Gasteiger partial charge in [-0.3, -0.25) is 14.5 Å². The Morgan fingerprint density at radius 3 is 2.80 bits per heavy atom. The number of thiazole rings is 1. The summed E-state index contributed by atoms with van der Waals surface area (Å²) in [6.45, 7) is 6.35. The molecule has 1 fully saturated rings. The van der Waals surface area contributed by atoms with E-state index in [1.165, 1.54) is 10.8 Å². The van der Waals surface area contributed by atoms with Gasteiger partial charge >= 0.3 is 0 Å². The number of rotatable bonds is 6. The van der Waals surface area contributed by atoms with Crippen LogP contribution in [-0.4, -0.2) is 40.8 Å². The molecule has 30 heavy (non-hydrogen) atoms. The zero-order chi connectivity index (χ0) is 21.1. The molecule has 1 atom stereocenters. The van der Waals surface area contributed by atoms with E-state index in [1.807, 2.05) is 26.0 Å². The second-order valence-corrected chi connectivity index (χ2v) is 8.98. The molecular formula is C23H26N4O2S. The number of nitrogens with zero attached hydrogens (tertiary/aromatic N) is 2. The van der Waals surface area contributed by atoms with Crippen LogP contribution < -0.4 is 10.6 Å². The van der Waals surface area contributed by atoms with Crippen LogP contribution in [0.25, 0.3) is 10.8 Å². The monoisotopic (exact) mass is 422 g/mol. The molecule has 2 amide bonds. The Balaban J connectivity index is 1.41. The van der Waals surface area contributed by atoms with Crippen molar-refractivity contribution in [2.75, 3.05) is 13.1 Å². The van der Waals surface area contributed by atoms with E-state index in [9.17, 15) is 9.59 Å². The van der Waals surface area contributed by atoms with Gasteiger partial charge in [-0.2, -0.15) is 0 Å².